The molecular formula is C11H12BrN3OS. The molecular weight excluding hydrogens is 302 g/mol. The second-order valence-corrected chi connectivity index (χ2v) is 5.40. The molecule has 0 saturated heterocycles. The lowest BCUT2D eigenvalue weighted by Gasteiger charge is -2.04. The molecule has 0 spiro atoms. The van der Waals surface area contributed by atoms with E-state index in [2.05, 4.69) is 32.8 Å². The van der Waals surface area contributed by atoms with Gasteiger partial charge in [0.05, 0.1) is 29.3 Å². The molecule has 2 heterocycles. The first-order valence-corrected chi connectivity index (χ1v) is 6.94. The van der Waals surface area contributed by atoms with E-state index in [-0.39, 0.29) is 5.56 Å². The molecule has 90 valence electrons. The van der Waals surface area contributed by atoms with E-state index in [0.29, 0.717) is 16.7 Å². The molecule has 0 aliphatic rings. The molecule has 0 saturated carbocycles. The Morgan fingerprint density at radius 1 is 1.53 bits per heavy atom. The minimum absolute atomic E-state index is 0.0662. The summed E-state index contributed by atoms with van der Waals surface area (Å²) in [4.78, 5) is 20.5. The van der Waals surface area contributed by atoms with E-state index in [0.717, 1.165) is 17.1 Å². The van der Waals surface area contributed by atoms with Gasteiger partial charge in [0.2, 0.25) is 0 Å². The van der Waals surface area contributed by atoms with Gasteiger partial charge < -0.3 is 0 Å². The second-order valence-electron chi connectivity index (χ2n) is 3.66. The summed E-state index contributed by atoms with van der Waals surface area (Å²) in [6.45, 7) is 4.34. The minimum atomic E-state index is -0.0662. The maximum absolute atomic E-state index is 11.9. The number of aryl methyl sites for hydroxylation is 2. The quantitative estimate of drug-likeness (QED) is 0.874. The van der Waals surface area contributed by atoms with E-state index >= 15 is 0 Å². The number of hydrogen-bond donors (Lipinski definition) is 0. The molecule has 0 atom stereocenters. The van der Waals surface area contributed by atoms with Crippen molar-refractivity contribution in [1.82, 2.24) is 14.5 Å². The highest BCUT2D eigenvalue weighted by atomic mass is 79.9. The predicted molar refractivity (Wildman–Crippen MR) is 71.5 cm³/mol. The van der Waals surface area contributed by atoms with Crippen LogP contribution in [0.4, 0.5) is 0 Å². The zero-order valence-corrected chi connectivity index (χ0v) is 12.0. The van der Waals surface area contributed by atoms with Gasteiger partial charge in [-0.2, -0.15) is 0 Å². The average molecular weight is 314 g/mol. The van der Waals surface area contributed by atoms with Gasteiger partial charge in [0, 0.05) is 5.38 Å². The lowest BCUT2D eigenvalue weighted by molar-refractivity contribution is 0.710. The maximum atomic E-state index is 11.9. The number of halogens is 1. The summed E-state index contributed by atoms with van der Waals surface area (Å²) in [6.07, 6.45) is 2.49. The molecule has 2 aromatic rings. The molecule has 2 aromatic heterocycles. The Morgan fingerprint density at radius 2 is 2.29 bits per heavy atom. The molecule has 0 fully saturated rings. The first-order valence-electron chi connectivity index (χ1n) is 5.26. The van der Waals surface area contributed by atoms with Crippen LogP contribution in [0.25, 0.3) is 0 Å². The van der Waals surface area contributed by atoms with Gasteiger partial charge in [-0.25, -0.2) is 9.97 Å². The van der Waals surface area contributed by atoms with Gasteiger partial charge in [-0.05, 0) is 29.3 Å². The predicted octanol–water partition coefficient (Wildman–Crippen LogP) is 2.38. The van der Waals surface area contributed by atoms with Crippen LogP contribution in [0.15, 0.2) is 21.0 Å². The summed E-state index contributed by atoms with van der Waals surface area (Å²) in [5, 5.41) is 3.08. The van der Waals surface area contributed by atoms with Crippen LogP contribution >= 0.6 is 27.3 Å². The van der Waals surface area contributed by atoms with E-state index < -0.39 is 0 Å². The maximum Gasteiger partial charge on any atom is 0.268 e. The highest BCUT2D eigenvalue weighted by Crippen LogP contribution is 2.12. The van der Waals surface area contributed by atoms with Crippen LogP contribution in [0.3, 0.4) is 0 Å². The fourth-order valence-electron chi connectivity index (χ4n) is 1.42. The topological polar surface area (TPSA) is 47.8 Å². The molecule has 0 aliphatic carbocycles. The summed E-state index contributed by atoms with van der Waals surface area (Å²) < 4.78 is 2.08. The zero-order chi connectivity index (χ0) is 12.4. The normalized spacial score (nSPS) is 10.8. The van der Waals surface area contributed by atoms with Crippen molar-refractivity contribution in [1.29, 1.82) is 0 Å². The third kappa shape index (κ3) is 2.63. The number of rotatable bonds is 3. The molecule has 2 rings (SSSR count). The van der Waals surface area contributed by atoms with Crippen LogP contribution in [-0.2, 0) is 13.0 Å². The third-order valence-electron chi connectivity index (χ3n) is 2.39. The molecule has 17 heavy (non-hydrogen) atoms. The van der Waals surface area contributed by atoms with Gasteiger partial charge in [0.15, 0.2) is 0 Å². The Bertz CT molecular complexity index is 591. The van der Waals surface area contributed by atoms with Crippen molar-refractivity contribution in [2.45, 2.75) is 26.8 Å². The molecule has 0 aliphatic heterocycles. The molecule has 6 heteroatoms. The second kappa shape index (κ2) is 5.10. The van der Waals surface area contributed by atoms with Gasteiger partial charge >= 0.3 is 0 Å². The molecule has 4 nitrogen and oxygen atoms in total. The lowest BCUT2D eigenvalue weighted by Crippen LogP contribution is -2.22. The molecule has 0 amide bonds. The third-order valence-corrected chi connectivity index (χ3v) is 4.35. The van der Waals surface area contributed by atoms with Gasteiger partial charge in [0.1, 0.15) is 4.47 Å². The first kappa shape index (κ1) is 12.4. The Hall–Kier alpha value is -1.01. The van der Waals surface area contributed by atoms with E-state index in [1.165, 1.54) is 0 Å². The van der Waals surface area contributed by atoms with Gasteiger partial charge in [-0.15, -0.1) is 11.3 Å². The monoisotopic (exact) mass is 313 g/mol. The van der Waals surface area contributed by atoms with Crippen LogP contribution in [0.5, 0.6) is 0 Å². The molecule has 0 radical (unpaired) electrons. The lowest BCUT2D eigenvalue weighted by atomic mass is 10.4. The summed E-state index contributed by atoms with van der Waals surface area (Å²) in [5.41, 5.74) is 1.55. The van der Waals surface area contributed by atoms with Crippen molar-refractivity contribution >= 4 is 27.3 Å². The molecule has 0 aromatic carbocycles. The number of thiazole rings is 1. The Kier molecular flexibility index (Phi) is 3.73. The van der Waals surface area contributed by atoms with E-state index in [1.807, 2.05) is 5.38 Å². The van der Waals surface area contributed by atoms with Crippen molar-refractivity contribution in [2.24, 2.45) is 0 Å². The van der Waals surface area contributed by atoms with Gasteiger partial charge in [0.25, 0.3) is 5.56 Å². The summed E-state index contributed by atoms with van der Waals surface area (Å²) in [6, 6.07) is 0. The van der Waals surface area contributed by atoms with Crippen LogP contribution in [0, 0.1) is 6.92 Å². The number of nitrogens with zero attached hydrogens (tertiary/aromatic N) is 3. The van der Waals surface area contributed by atoms with Crippen molar-refractivity contribution in [3.63, 3.8) is 0 Å². The van der Waals surface area contributed by atoms with Gasteiger partial charge in [-0.1, -0.05) is 6.92 Å². The van der Waals surface area contributed by atoms with Gasteiger partial charge in [-0.3, -0.25) is 9.36 Å². The fraction of sp³-hybridized carbons (Fsp3) is 0.364. The Morgan fingerprint density at radius 3 is 2.94 bits per heavy atom. The first-order chi connectivity index (χ1) is 8.11. The molecule has 0 bridgehead atoms. The van der Waals surface area contributed by atoms with Crippen LogP contribution in [0.1, 0.15) is 23.3 Å². The highest BCUT2D eigenvalue weighted by molar-refractivity contribution is 9.10. The minimum Gasteiger partial charge on any atom is -0.292 e. The largest absolute Gasteiger partial charge is 0.292 e. The molecule has 0 N–H and O–H groups in total. The van der Waals surface area contributed by atoms with E-state index in [9.17, 15) is 4.79 Å². The fourth-order valence-corrected chi connectivity index (χ4v) is 2.48. The standard InChI is InChI=1S/C11H12BrN3OS/c1-3-9-14-8(5-17-9)4-15-6-13-7(2)10(12)11(15)16/h5-6H,3-4H2,1-2H3. The Balaban J connectivity index is 2.30. The van der Waals surface area contributed by atoms with E-state index in [4.69, 9.17) is 0 Å². The van der Waals surface area contributed by atoms with Crippen molar-refractivity contribution in [3.05, 3.63) is 42.9 Å². The average Bonchev–Trinajstić information content (AvgIpc) is 2.78. The van der Waals surface area contributed by atoms with E-state index in [1.54, 1.807) is 29.2 Å². The molecule has 0 unspecified atom stereocenters. The van der Waals surface area contributed by atoms with Crippen molar-refractivity contribution < 1.29 is 0 Å². The summed E-state index contributed by atoms with van der Waals surface area (Å²) in [7, 11) is 0. The van der Waals surface area contributed by atoms with Crippen molar-refractivity contribution in [3.8, 4) is 0 Å². The number of aromatic nitrogens is 3. The van der Waals surface area contributed by atoms with Crippen molar-refractivity contribution in [2.75, 3.05) is 0 Å². The van der Waals surface area contributed by atoms with Crippen LogP contribution in [-0.4, -0.2) is 14.5 Å². The van der Waals surface area contributed by atoms with Crippen LogP contribution in [0.2, 0.25) is 0 Å². The SMILES string of the molecule is CCc1nc(Cn2cnc(C)c(Br)c2=O)cs1. The summed E-state index contributed by atoms with van der Waals surface area (Å²) >= 11 is 4.87. The van der Waals surface area contributed by atoms with Crippen LogP contribution < -0.4 is 5.56 Å². The Labute approximate surface area is 111 Å². The summed E-state index contributed by atoms with van der Waals surface area (Å²) in [5.74, 6) is 0. The number of hydrogen-bond acceptors (Lipinski definition) is 4. The zero-order valence-electron chi connectivity index (χ0n) is 9.61. The smallest absolute Gasteiger partial charge is 0.268 e. The highest BCUT2D eigenvalue weighted by Gasteiger charge is 2.07.